The lowest BCUT2D eigenvalue weighted by Crippen LogP contribution is -2.34. The maximum Gasteiger partial charge on any atom is 0.293 e. The fourth-order valence-corrected chi connectivity index (χ4v) is 3.01. The Balaban J connectivity index is 2.69. The Labute approximate surface area is 146 Å². The van der Waals surface area contributed by atoms with Crippen molar-refractivity contribution in [1.82, 2.24) is 4.90 Å². The predicted molar refractivity (Wildman–Crippen MR) is 94.4 cm³/mol. The van der Waals surface area contributed by atoms with Crippen molar-refractivity contribution in [2.75, 3.05) is 19.0 Å². The van der Waals surface area contributed by atoms with Crippen LogP contribution in [0.15, 0.2) is 47.4 Å². The second kappa shape index (κ2) is 7.18. The molecule has 7 nitrogen and oxygen atoms in total. The molecule has 0 amide bonds. The summed E-state index contributed by atoms with van der Waals surface area (Å²) in [5.74, 6) is 0.204. The van der Waals surface area contributed by atoms with Crippen LogP contribution in [0, 0.1) is 27.4 Å². The molecule has 0 radical (unpaired) electrons. The number of carbonyl (C=O) groups excluding carboxylic acids is 1. The molecule has 0 N–H and O–H groups in total. The number of anilines is 1. The van der Waals surface area contributed by atoms with Gasteiger partial charge in [-0.1, -0.05) is 12.1 Å². The molecule has 0 bridgehead atoms. The number of nitrogens with zero attached hydrogens (tertiary/aromatic N) is 4. The molecule has 0 fully saturated rings. The highest BCUT2D eigenvalue weighted by atomic mass is 16.6. The van der Waals surface area contributed by atoms with Gasteiger partial charge < -0.3 is 4.90 Å². The molecule has 25 heavy (non-hydrogen) atoms. The molecule has 0 saturated carbocycles. The molecule has 1 unspecified atom stereocenters. The largest absolute Gasteiger partial charge is 0.363 e. The van der Waals surface area contributed by atoms with Gasteiger partial charge in [0, 0.05) is 38.7 Å². The van der Waals surface area contributed by atoms with Crippen LogP contribution in [0.25, 0.3) is 0 Å². The van der Waals surface area contributed by atoms with Crippen molar-refractivity contribution in [3.05, 3.63) is 57.5 Å². The first-order valence-corrected chi connectivity index (χ1v) is 7.80. The predicted octanol–water partition coefficient (Wildman–Crippen LogP) is 3.21. The molecule has 1 aliphatic heterocycles. The van der Waals surface area contributed by atoms with Crippen LogP contribution in [0.3, 0.4) is 0 Å². The van der Waals surface area contributed by atoms with E-state index in [1.807, 2.05) is 6.92 Å². The van der Waals surface area contributed by atoms with E-state index in [4.69, 9.17) is 0 Å². The topological polar surface area (TPSA) is 90.5 Å². The monoisotopic (exact) mass is 340 g/mol. The van der Waals surface area contributed by atoms with Crippen molar-refractivity contribution in [3.8, 4) is 6.07 Å². The molecule has 130 valence electrons. The lowest BCUT2D eigenvalue weighted by Gasteiger charge is -2.36. The molecule has 2 rings (SSSR count). The average Bonchev–Trinajstić information content (AvgIpc) is 2.55. The summed E-state index contributed by atoms with van der Waals surface area (Å²) in [6.07, 6.45) is 2.00. The molecule has 1 aliphatic rings. The van der Waals surface area contributed by atoms with Crippen molar-refractivity contribution in [1.29, 1.82) is 5.26 Å². The quantitative estimate of drug-likeness (QED) is 0.604. The summed E-state index contributed by atoms with van der Waals surface area (Å²) >= 11 is 0. The highest BCUT2D eigenvalue weighted by molar-refractivity contribution is 5.78. The van der Waals surface area contributed by atoms with Crippen LogP contribution in [-0.4, -0.2) is 29.7 Å². The summed E-state index contributed by atoms with van der Waals surface area (Å²) in [5, 5.41) is 21.1. The van der Waals surface area contributed by atoms with E-state index in [1.165, 1.54) is 13.0 Å². The van der Waals surface area contributed by atoms with Crippen molar-refractivity contribution in [2.24, 2.45) is 5.92 Å². The molecular formula is C18H20N4O3. The molecule has 1 aromatic carbocycles. The minimum Gasteiger partial charge on any atom is -0.363 e. The molecule has 7 heteroatoms. The molecule has 1 atom stereocenters. The summed E-state index contributed by atoms with van der Waals surface area (Å²) < 4.78 is 0. The van der Waals surface area contributed by atoms with Crippen LogP contribution in [-0.2, 0) is 4.79 Å². The molecular weight excluding hydrogens is 320 g/mol. The third-order valence-corrected chi connectivity index (χ3v) is 4.07. The zero-order valence-corrected chi connectivity index (χ0v) is 14.7. The van der Waals surface area contributed by atoms with Gasteiger partial charge in [0.2, 0.25) is 0 Å². The zero-order chi connectivity index (χ0) is 18.7. The van der Waals surface area contributed by atoms with Gasteiger partial charge in [-0.05, 0) is 25.5 Å². The Bertz CT molecular complexity index is 818. The second-order valence-electron chi connectivity index (χ2n) is 6.19. The van der Waals surface area contributed by atoms with Gasteiger partial charge in [0.1, 0.15) is 17.3 Å². The standard InChI is InChI=1S/C18H20N4O3/c1-12-11-21(16-7-5-6-8-17(16)22(24)25)18(20(3)4)15(10-19)14(12)9-13(2)23/h5-8,11,14H,9H2,1-4H3. The fraction of sp³-hybridized carbons (Fsp3) is 0.333. The van der Waals surface area contributed by atoms with Crippen LogP contribution >= 0.6 is 0 Å². The number of hydrogen-bond acceptors (Lipinski definition) is 6. The molecule has 0 spiro atoms. The Morgan fingerprint density at radius 3 is 2.56 bits per heavy atom. The van der Waals surface area contributed by atoms with Crippen LogP contribution in [0.4, 0.5) is 11.4 Å². The lowest BCUT2D eigenvalue weighted by atomic mass is 9.85. The number of Topliss-reactive ketones (excluding diaryl/α,β-unsaturated/α-hetero) is 1. The summed E-state index contributed by atoms with van der Waals surface area (Å²) in [7, 11) is 3.54. The van der Waals surface area contributed by atoms with E-state index in [2.05, 4.69) is 6.07 Å². The second-order valence-corrected chi connectivity index (χ2v) is 6.19. The number of benzene rings is 1. The maximum atomic E-state index is 11.6. The van der Waals surface area contributed by atoms with Crippen molar-refractivity contribution < 1.29 is 9.72 Å². The number of nitriles is 1. The molecule has 0 aromatic heterocycles. The van der Waals surface area contributed by atoms with Crippen LogP contribution in [0.2, 0.25) is 0 Å². The number of nitro benzene ring substituents is 1. The Kier molecular flexibility index (Phi) is 5.22. The summed E-state index contributed by atoms with van der Waals surface area (Å²) in [6, 6.07) is 8.59. The van der Waals surface area contributed by atoms with Gasteiger partial charge in [-0.2, -0.15) is 5.26 Å². The number of para-hydroxylation sites is 2. The number of allylic oxidation sites excluding steroid dienone is 2. The van der Waals surface area contributed by atoms with Crippen LogP contribution < -0.4 is 4.90 Å². The average molecular weight is 340 g/mol. The SMILES string of the molecule is CC(=O)CC1C(C)=CN(c2ccccc2[N+](=O)[O-])C(N(C)C)=C1C#N. The van der Waals surface area contributed by atoms with Gasteiger partial charge in [-0.15, -0.1) is 0 Å². The van der Waals surface area contributed by atoms with Crippen molar-refractivity contribution in [3.63, 3.8) is 0 Å². The highest BCUT2D eigenvalue weighted by Gasteiger charge is 2.33. The third-order valence-electron chi connectivity index (χ3n) is 4.07. The number of rotatable bonds is 5. The van der Waals surface area contributed by atoms with E-state index in [1.54, 1.807) is 48.3 Å². The molecule has 0 aliphatic carbocycles. The van der Waals surface area contributed by atoms with Crippen molar-refractivity contribution in [2.45, 2.75) is 20.3 Å². The van der Waals surface area contributed by atoms with Crippen LogP contribution in [0.5, 0.6) is 0 Å². The van der Waals surface area contributed by atoms with Gasteiger partial charge in [0.15, 0.2) is 0 Å². The summed E-state index contributed by atoms with van der Waals surface area (Å²) in [6.45, 7) is 3.32. The number of hydrogen-bond donors (Lipinski definition) is 0. The Morgan fingerprint density at radius 2 is 2.04 bits per heavy atom. The Hall–Kier alpha value is -3.14. The molecule has 1 heterocycles. The van der Waals surface area contributed by atoms with E-state index in [9.17, 15) is 20.2 Å². The number of nitro groups is 1. The van der Waals surface area contributed by atoms with Gasteiger partial charge in [-0.25, -0.2) is 0 Å². The smallest absolute Gasteiger partial charge is 0.293 e. The van der Waals surface area contributed by atoms with E-state index in [0.717, 1.165) is 5.57 Å². The van der Waals surface area contributed by atoms with Gasteiger partial charge in [0.25, 0.3) is 5.69 Å². The van der Waals surface area contributed by atoms with E-state index >= 15 is 0 Å². The highest BCUT2D eigenvalue weighted by Crippen LogP contribution is 2.39. The number of ketones is 1. The lowest BCUT2D eigenvalue weighted by molar-refractivity contribution is -0.384. The zero-order valence-electron chi connectivity index (χ0n) is 14.7. The van der Waals surface area contributed by atoms with Gasteiger partial charge in [0.05, 0.1) is 16.6 Å². The minimum atomic E-state index is -0.445. The summed E-state index contributed by atoms with van der Waals surface area (Å²) in [4.78, 5) is 26.0. The Morgan fingerprint density at radius 1 is 1.40 bits per heavy atom. The number of carbonyl (C=O) groups is 1. The summed E-state index contributed by atoms with van der Waals surface area (Å²) in [5.41, 5.74) is 1.58. The van der Waals surface area contributed by atoms with Crippen LogP contribution in [0.1, 0.15) is 20.3 Å². The van der Waals surface area contributed by atoms with Gasteiger partial charge in [-0.3, -0.25) is 19.8 Å². The normalized spacial score (nSPS) is 17.0. The molecule has 1 aromatic rings. The van der Waals surface area contributed by atoms with Crippen molar-refractivity contribution >= 4 is 17.2 Å². The first kappa shape index (κ1) is 18.2. The third kappa shape index (κ3) is 3.53. The van der Waals surface area contributed by atoms with E-state index < -0.39 is 4.92 Å². The maximum absolute atomic E-state index is 11.6. The van der Waals surface area contributed by atoms with E-state index in [-0.39, 0.29) is 23.8 Å². The fourth-order valence-electron chi connectivity index (χ4n) is 3.01. The first-order chi connectivity index (χ1) is 11.8. The molecule has 0 saturated heterocycles. The first-order valence-electron chi connectivity index (χ1n) is 7.80. The van der Waals surface area contributed by atoms with E-state index in [0.29, 0.717) is 17.1 Å². The minimum absolute atomic E-state index is 0.0113. The van der Waals surface area contributed by atoms with Gasteiger partial charge >= 0.3 is 0 Å².